The smallest absolute Gasteiger partial charge is 0.341 e. The van der Waals surface area contributed by atoms with E-state index in [2.05, 4.69) is 4.98 Å². The number of ether oxygens (including phenoxy) is 2. The largest absolute Gasteiger partial charge is 0.496 e. The highest BCUT2D eigenvalue weighted by atomic mass is 16.5. The van der Waals surface area contributed by atoms with Crippen LogP contribution >= 0.6 is 0 Å². The van der Waals surface area contributed by atoms with Crippen LogP contribution < -0.4 is 4.74 Å². The van der Waals surface area contributed by atoms with Gasteiger partial charge in [-0.25, -0.2) is 9.78 Å². The number of methoxy groups -OCH3 is 1. The van der Waals surface area contributed by atoms with E-state index in [-0.39, 0.29) is 0 Å². The predicted molar refractivity (Wildman–Crippen MR) is 110 cm³/mol. The third-order valence-corrected chi connectivity index (χ3v) is 4.38. The molecule has 28 heavy (non-hydrogen) atoms. The first-order valence-corrected chi connectivity index (χ1v) is 9.21. The third-order valence-electron chi connectivity index (χ3n) is 4.38. The molecule has 0 N–H and O–H groups in total. The van der Waals surface area contributed by atoms with E-state index in [9.17, 15) is 4.79 Å². The lowest BCUT2D eigenvalue weighted by molar-refractivity contribution is -0.136. The van der Waals surface area contributed by atoms with Crippen molar-refractivity contribution in [2.75, 3.05) is 13.7 Å². The summed E-state index contributed by atoms with van der Waals surface area (Å²) in [5, 5.41) is 0. The monoisotopic (exact) mass is 376 g/mol. The molecular weight excluding hydrogens is 352 g/mol. The van der Waals surface area contributed by atoms with Gasteiger partial charge in [0.05, 0.1) is 13.7 Å². The summed E-state index contributed by atoms with van der Waals surface area (Å²) < 4.78 is 12.6. The van der Waals surface area contributed by atoms with Crippen molar-refractivity contribution in [1.82, 2.24) is 9.55 Å². The second-order valence-corrected chi connectivity index (χ2v) is 6.37. The van der Waals surface area contributed by atoms with E-state index in [1.54, 1.807) is 20.2 Å². The summed E-state index contributed by atoms with van der Waals surface area (Å²) in [4.78, 5) is 17.1. The number of imidazole rings is 1. The first-order valence-electron chi connectivity index (χ1n) is 9.21. The van der Waals surface area contributed by atoms with Crippen molar-refractivity contribution in [3.63, 3.8) is 0 Å². The maximum Gasteiger partial charge on any atom is 0.341 e. The van der Waals surface area contributed by atoms with Gasteiger partial charge in [-0.05, 0) is 48.7 Å². The molecule has 5 heteroatoms. The Balaban J connectivity index is 2.01. The minimum atomic E-state index is -0.392. The van der Waals surface area contributed by atoms with Gasteiger partial charge < -0.3 is 14.0 Å². The third kappa shape index (κ3) is 4.49. The molecule has 3 aromatic rings. The van der Waals surface area contributed by atoms with Crippen molar-refractivity contribution < 1.29 is 14.3 Å². The molecule has 2 aromatic carbocycles. The summed E-state index contributed by atoms with van der Waals surface area (Å²) in [6.07, 6.45) is 5.38. The SMILES string of the molecule is CCOC(=O)/C(=C/c1ccc(OC)c(C)c1)c1nccn1Cc1ccccc1. The molecule has 5 nitrogen and oxygen atoms in total. The Hall–Kier alpha value is -3.34. The molecule has 0 aliphatic carbocycles. The molecule has 0 aliphatic rings. The molecule has 0 spiro atoms. The number of hydrogen-bond acceptors (Lipinski definition) is 4. The van der Waals surface area contributed by atoms with Crippen LogP contribution in [0, 0.1) is 6.92 Å². The van der Waals surface area contributed by atoms with Gasteiger partial charge in [-0.15, -0.1) is 0 Å². The van der Waals surface area contributed by atoms with Crippen molar-refractivity contribution in [3.8, 4) is 5.75 Å². The van der Waals surface area contributed by atoms with E-state index in [4.69, 9.17) is 9.47 Å². The molecule has 0 radical (unpaired) electrons. The zero-order chi connectivity index (χ0) is 19.9. The van der Waals surface area contributed by atoms with Crippen LogP contribution in [0.5, 0.6) is 5.75 Å². The van der Waals surface area contributed by atoms with E-state index in [0.29, 0.717) is 24.5 Å². The van der Waals surface area contributed by atoms with Crippen LogP contribution in [0.4, 0.5) is 0 Å². The lowest BCUT2D eigenvalue weighted by Crippen LogP contribution is -2.12. The highest BCUT2D eigenvalue weighted by Gasteiger charge is 2.19. The Bertz CT molecular complexity index is 975. The average molecular weight is 376 g/mol. The second kappa shape index (κ2) is 9.04. The lowest BCUT2D eigenvalue weighted by Gasteiger charge is -2.12. The molecule has 1 aromatic heterocycles. The van der Waals surface area contributed by atoms with Crippen LogP contribution in [0.1, 0.15) is 29.4 Å². The molecule has 0 aliphatic heterocycles. The van der Waals surface area contributed by atoms with Gasteiger partial charge in [0.15, 0.2) is 0 Å². The number of carbonyl (C=O) groups excluding carboxylic acids is 1. The summed E-state index contributed by atoms with van der Waals surface area (Å²) in [6.45, 7) is 4.69. The number of aryl methyl sites for hydroxylation is 1. The first-order chi connectivity index (χ1) is 13.6. The number of carbonyl (C=O) groups is 1. The van der Waals surface area contributed by atoms with E-state index in [0.717, 1.165) is 22.4 Å². The molecule has 0 atom stereocenters. The lowest BCUT2D eigenvalue weighted by atomic mass is 10.1. The molecule has 1 heterocycles. The summed E-state index contributed by atoms with van der Waals surface area (Å²) in [5.74, 6) is 0.993. The van der Waals surface area contributed by atoms with Crippen LogP contribution in [-0.2, 0) is 16.1 Å². The molecule has 144 valence electrons. The highest BCUT2D eigenvalue weighted by molar-refractivity contribution is 6.20. The Labute approximate surface area is 165 Å². The first kappa shape index (κ1) is 19.4. The van der Waals surface area contributed by atoms with E-state index >= 15 is 0 Å². The molecule has 3 rings (SSSR count). The fourth-order valence-electron chi connectivity index (χ4n) is 3.04. The van der Waals surface area contributed by atoms with Crippen molar-refractivity contribution in [1.29, 1.82) is 0 Å². The summed E-state index contributed by atoms with van der Waals surface area (Å²) in [6, 6.07) is 15.8. The van der Waals surface area contributed by atoms with Crippen LogP contribution in [0.25, 0.3) is 11.6 Å². The van der Waals surface area contributed by atoms with Gasteiger partial charge in [0.1, 0.15) is 17.1 Å². The zero-order valence-corrected chi connectivity index (χ0v) is 16.4. The minimum absolute atomic E-state index is 0.303. The van der Waals surface area contributed by atoms with Gasteiger partial charge in [-0.2, -0.15) is 0 Å². The number of hydrogen-bond donors (Lipinski definition) is 0. The predicted octanol–water partition coefficient (Wildman–Crippen LogP) is 4.35. The molecule has 0 fully saturated rings. The van der Waals surface area contributed by atoms with Crippen LogP contribution in [-0.4, -0.2) is 29.2 Å². The minimum Gasteiger partial charge on any atom is -0.496 e. The summed E-state index contributed by atoms with van der Waals surface area (Å²) in [5.41, 5.74) is 3.43. The quantitative estimate of drug-likeness (QED) is 0.454. The van der Waals surface area contributed by atoms with Gasteiger partial charge in [0, 0.05) is 18.9 Å². The van der Waals surface area contributed by atoms with E-state index < -0.39 is 5.97 Å². The highest BCUT2D eigenvalue weighted by Crippen LogP contribution is 2.24. The van der Waals surface area contributed by atoms with Crippen LogP contribution in [0.3, 0.4) is 0 Å². The van der Waals surface area contributed by atoms with Gasteiger partial charge in [-0.1, -0.05) is 36.4 Å². The Morgan fingerprint density at radius 3 is 2.64 bits per heavy atom. The van der Waals surface area contributed by atoms with Crippen molar-refractivity contribution >= 4 is 17.6 Å². The number of rotatable bonds is 7. The van der Waals surface area contributed by atoms with Gasteiger partial charge in [0.25, 0.3) is 0 Å². The molecule has 0 amide bonds. The summed E-state index contributed by atoms with van der Waals surface area (Å²) >= 11 is 0. The normalized spacial score (nSPS) is 11.3. The topological polar surface area (TPSA) is 53.4 Å². The molecular formula is C23H24N2O3. The van der Waals surface area contributed by atoms with E-state index in [1.807, 2.05) is 72.3 Å². The maximum atomic E-state index is 12.7. The van der Waals surface area contributed by atoms with Gasteiger partial charge in [-0.3, -0.25) is 0 Å². The van der Waals surface area contributed by atoms with Crippen molar-refractivity contribution in [3.05, 3.63) is 83.4 Å². The number of aromatic nitrogens is 2. The molecule has 0 saturated carbocycles. The number of benzene rings is 2. The van der Waals surface area contributed by atoms with Crippen LogP contribution in [0.15, 0.2) is 60.9 Å². The standard InChI is InChI=1S/C23H24N2O3/c1-4-28-23(26)20(15-19-10-11-21(27-3)17(2)14-19)22-24-12-13-25(22)16-18-8-6-5-7-9-18/h5-15H,4,16H2,1-3H3/b20-15+. The number of esters is 1. The van der Waals surface area contributed by atoms with Crippen molar-refractivity contribution in [2.45, 2.75) is 20.4 Å². The Kier molecular flexibility index (Phi) is 6.27. The Morgan fingerprint density at radius 1 is 1.18 bits per heavy atom. The second-order valence-electron chi connectivity index (χ2n) is 6.37. The van der Waals surface area contributed by atoms with Crippen molar-refractivity contribution in [2.24, 2.45) is 0 Å². The fourth-order valence-corrected chi connectivity index (χ4v) is 3.04. The number of nitrogens with zero attached hydrogens (tertiary/aromatic N) is 2. The summed E-state index contributed by atoms with van der Waals surface area (Å²) in [7, 11) is 1.64. The van der Waals surface area contributed by atoms with E-state index in [1.165, 1.54) is 0 Å². The molecule has 0 unspecified atom stereocenters. The van der Waals surface area contributed by atoms with Gasteiger partial charge in [0.2, 0.25) is 0 Å². The molecule has 0 bridgehead atoms. The maximum absolute atomic E-state index is 12.7. The average Bonchev–Trinajstić information content (AvgIpc) is 3.15. The van der Waals surface area contributed by atoms with Crippen LogP contribution in [0.2, 0.25) is 0 Å². The van der Waals surface area contributed by atoms with Gasteiger partial charge >= 0.3 is 5.97 Å². The fraction of sp³-hybridized carbons (Fsp3) is 0.217. The molecule has 0 saturated heterocycles. The zero-order valence-electron chi connectivity index (χ0n) is 16.4. The Morgan fingerprint density at radius 2 is 1.96 bits per heavy atom.